The Morgan fingerprint density at radius 1 is 0.941 bits per heavy atom. The lowest BCUT2D eigenvalue weighted by Gasteiger charge is -2.07. The van der Waals surface area contributed by atoms with E-state index in [1.165, 1.54) is 20.2 Å². The van der Waals surface area contributed by atoms with Gasteiger partial charge in [0.1, 0.15) is 0 Å². The van der Waals surface area contributed by atoms with E-state index in [1.807, 2.05) is 0 Å². The van der Waals surface area contributed by atoms with Crippen LogP contribution in [-0.4, -0.2) is 6.26 Å². The van der Waals surface area contributed by atoms with Gasteiger partial charge in [-0.15, -0.1) is 11.8 Å². The maximum Gasteiger partial charge on any atom is 0.0165 e. The molecule has 3 heteroatoms. The van der Waals surface area contributed by atoms with Crippen LogP contribution in [0.1, 0.15) is 5.56 Å². The van der Waals surface area contributed by atoms with E-state index < -0.39 is 0 Å². The first-order valence-corrected chi connectivity index (χ1v) is 8.01. The lowest BCUT2D eigenvalue weighted by Crippen LogP contribution is -1.82. The second-order valence-corrected chi connectivity index (χ2v) is 5.85. The van der Waals surface area contributed by atoms with Crippen molar-refractivity contribution in [3.63, 3.8) is 0 Å². The average Bonchev–Trinajstić information content (AvgIpc) is 2.40. The number of thioether (sulfide) groups is 1. The van der Waals surface area contributed by atoms with Crippen molar-refractivity contribution in [2.75, 3.05) is 6.26 Å². The maximum atomic E-state index is 4.36. The molecule has 0 aliphatic rings. The van der Waals surface area contributed by atoms with E-state index in [2.05, 4.69) is 67.4 Å². The third kappa shape index (κ3) is 3.47. The van der Waals surface area contributed by atoms with Crippen LogP contribution in [0.5, 0.6) is 0 Å². The highest BCUT2D eigenvalue weighted by Gasteiger charge is 2.02. The van der Waals surface area contributed by atoms with Crippen molar-refractivity contribution >= 4 is 36.2 Å². The van der Waals surface area contributed by atoms with Gasteiger partial charge >= 0.3 is 0 Å². The van der Waals surface area contributed by atoms with Gasteiger partial charge in [0.25, 0.3) is 0 Å². The molecule has 2 aromatic carbocycles. The van der Waals surface area contributed by atoms with E-state index in [0.717, 1.165) is 5.75 Å². The highest BCUT2D eigenvalue weighted by molar-refractivity contribution is 7.99. The van der Waals surface area contributed by atoms with Crippen molar-refractivity contribution < 1.29 is 0 Å². The Morgan fingerprint density at radius 2 is 1.59 bits per heavy atom. The second-order valence-electron chi connectivity index (χ2n) is 3.54. The van der Waals surface area contributed by atoms with E-state index in [0.29, 0.717) is 0 Å². The molecule has 2 aromatic rings. The summed E-state index contributed by atoms with van der Waals surface area (Å²) in [6.07, 6.45) is 2.10. The van der Waals surface area contributed by atoms with E-state index in [-0.39, 0.29) is 0 Å². The van der Waals surface area contributed by atoms with Gasteiger partial charge in [-0.25, -0.2) is 0 Å². The normalized spacial score (nSPS) is 10.5. The molecule has 0 nitrogen and oxygen atoms in total. The first-order chi connectivity index (χ1) is 8.33. The number of benzene rings is 2. The highest BCUT2D eigenvalue weighted by Crippen LogP contribution is 2.32. The van der Waals surface area contributed by atoms with Crippen LogP contribution in [0.25, 0.3) is 0 Å². The van der Waals surface area contributed by atoms with Gasteiger partial charge in [-0.3, -0.25) is 0 Å². The molecular formula is C14H14S3. The quantitative estimate of drug-likeness (QED) is 0.618. The summed E-state index contributed by atoms with van der Waals surface area (Å²) in [6, 6.07) is 17.1. The van der Waals surface area contributed by atoms with Crippen molar-refractivity contribution in [3.05, 3.63) is 54.1 Å². The average molecular weight is 278 g/mol. The largest absolute Gasteiger partial charge is 0.175 e. The Kier molecular flexibility index (Phi) is 4.89. The number of rotatable bonds is 4. The molecule has 0 aliphatic heterocycles. The minimum absolute atomic E-state index is 0.784. The number of hydrogen-bond donors (Lipinski definition) is 1. The highest BCUT2D eigenvalue weighted by atomic mass is 32.2. The van der Waals surface area contributed by atoms with Crippen LogP contribution in [0.4, 0.5) is 0 Å². The van der Waals surface area contributed by atoms with Crippen LogP contribution in [0.15, 0.2) is 63.2 Å². The number of thiol groups is 1. The topological polar surface area (TPSA) is 0 Å². The lowest BCUT2D eigenvalue weighted by atomic mass is 10.2. The molecule has 0 bridgehead atoms. The lowest BCUT2D eigenvalue weighted by molar-refractivity contribution is 1.26. The zero-order valence-corrected chi connectivity index (χ0v) is 12.1. The molecule has 0 spiro atoms. The Bertz CT molecular complexity index is 477. The molecule has 88 valence electrons. The number of hydrogen-bond acceptors (Lipinski definition) is 3. The minimum atomic E-state index is 0.784. The molecule has 0 aliphatic carbocycles. The van der Waals surface area contributed by atoms with Gasteiger partial charge in [0, 0.05) is 20.4 Å². The van der Waals surface area contributed by atoms with Crippen LogP contribution in [-0.2, 0) is 5.75 Å². The molecule has 2 rings (SSSR count). The van der Waals surface area contributed by atoms with Gasteiger partial charge < -0.3 is 0 Å². The van der Waals surface area contributed by atoms with Crippen molar-refractivity contribution in [2.45, 2.75) is 20.4 Å². The Balaban J connectivity index is 2.19. The summed E-state index contributed by atoms with van der Waals surface area (Å²) in [5, 5.41) is 0. The Labute approximate surface area is 117 Å². The summed E-state index contributed by atoms with van der Waals surface area (Å²) in [5.74, 6) is 0.784. The molecule has 0 heterocycles. The standard InChI is InChI=1S/C14H14S3/c1-16-12-6-8-13(9-7-12)17-14-5-3-2-4-11(14)10-15/h2-9,15H,10H2,1H3. The van der Waals surface area contributed by atoms with E-state index in [9.17, 15) is 0 Å². The zero-order valence-electron chi connectivity index (χ0n) is 9.59. The second kappa shape index (κ2) is 6.43. The Morgan fingerprint density at radius 3 is 2.24 bits per heavy atom. The summed E-state index contributed by atoms with van der Waals surface area (Å²) in [5.41, 5.74) is 1.29. The van der Waals surface area contributed by atoms with Crippen molar-refractivity contribution in [3.8, 4) is 0 Å². The van der Waals surface area contributed by atoms with Crippen LogP contribution in [0.2, 0.25) is 0 Å². The van der Waals surface area contributed by atoms with Crippen molar-refractivity contribution in [1.82, 2.24) is 0 Å². The van der Waals surface area contributed by atoms with Crippen LogP contribution in [0.3, 0.4) is 0 Å². The third-order valence-electron chi connectivity index (χ3n) is 2.43. The predicted molar refractivity (Wildman–Crippen MR) is 81.5 cm³/mol. The van der Waals surface area contributed by atoms with Crippen LogP contribution in [0, 0.1) is 0 Å². The summed E-state index contributed by atoms with van der Waals surface area (Å²) < 4.78 is 0. The third-order valence-corrected chi connectivity index (χ3v) is 4.64. The SMILES string of the molecule is CSc1ccc(Sc2ccccc2CS)cc1. The molecule has 0 saturated carbocycles. The zero-order chi connectivity index (χ0) is 12.1. The van der Waals surface area contributed by atoms with Gasteiger partial charge in [0.05, 0.1) is 0 Å². The van der Waals surface area contributed by atoms with Crippen molar-refractivity contribution in [1.29, 1.82) is 0 Å². The maximum absolute atomic E-state index is 4.36. The summed E-state index contributed by atoms with van der Waals surface area (Å²) in [6.45, 7) is 0. The van der Waals surface area contributed by atoms with Crippen LogP contribution >= 0.6 is 36.2 Å². The van der Waals surface area contributed by atoms with E-state index >= 15 is 0 Å². The molecule has 0 N–H and O–H groups in total. The first kappa shape index (κ1) is 12.9. The van der Waals surface area contributed by atoms with Crippen molar-refractivity contribution in [2.24, 2.45) is 0 Å². The summed E-state index contributed by atoms with van der Waals surface area (Å²) in [7, 11) is 0. The molecule has 0 atom stereocenters. The molecule has 0 aromatic heterocycles. The molecule has 0 amide bonds. The van der Waals surface area contributed by atoms with E-state index in [4.69, 9.17) is 0 Å². The van der Waals surface area contributed by atoms with Gasteiger partial charge in [-0.05, 0) is 42.2 Å². The molecule has 0 unspecified atom stereocenters. The molecule has 0 saturated heterocycles. The monoisotopic (exact) mass is 278 g/mol. The first-order valence-electron chi connectivity index (χ1n) is 5.34. The fraction of sp³-hybridized carbons (Fsp3) is 0.143. The van der Waals surface area contributed by atoms with Crippen LogP contribution < -0.4 is 0 Å². The minimum Gasteiger partial charge on any atom is -0.175 e. The van der Waals surface area contributed by atoms with E-state index in [1.54, 1.807) is 23.5 Å². The van der Waals surface area contributed by atoms with Gasteiger partial charge in [0.15, 0.2) is 0 Å². The Hall–Kier alpha value is -0.510. The molecular weight excluding hydrogens is 264 g/mol. The molecule has 0 radical (unpaired) electrons. The summed E-state index contributed by atoms with van der Waals surface area (Å²) in [4.78, 5) is 3.87. The van der Waals surface area contributed by atoms with Gasteiger partial charge in [-0.2, -0.15) is 12.6 Å². The van der Waals surface area contributed by atoms with Gasteiger partial charge in [-0.1, -0.05) is 30.0 Å². The molecule has 17 heavy (non-hydrogen) atoms. The van der Waals surface area contributed by atoms with Gasteiger partial charge in [0.2, 0.25) is 0 Å². The smallest absolute Gasteiger partial charge is 0.0165 e. The molecule has 0 fully saturated rings. The fourth-order valence-electron chi connectivity index (χ4n) is 1.50. The fourth-order valence-corrected chi connectivity index (χ4v) is 3.24. The summed E-state index contributed by atoms with van der Waals surface area (Å²) >= 11 is 7.93. The predicted octanol–water partition coefficient (Wildman–Crippen LogP) is 4.99.